The fraction of sp³-hybridized carbons (Fsp3) is 0.235. The van der Waals surface area contributed by atoms with Crippen LogP contribution in [0.3, 0.4) is 0 Å². The Morgan fingerprint density at radius 1 is 1.17 bits per heavy atom. The third kappa shape index (κ3) is 2.29. The topological polar surface area (TPSA) is 109 Å². The van der Waals surface area contributed by atoms with E-state index < -0.39 is 0 Å². The first-order valence-electron chi connectivity index (χ1n) is 7.68. The maximum Gasteiger partial charge on any atom is 0.200 e. The lowest BCUT2D eigenvalue weighted by Gasteiger charge is -2.35. The second-order valence-electron chi connectivity index (χ2n) is 5.79. The summed E-state index contributed by atoms with van der Waals surface area (Å²) in [4.78, 5) is 8.64. The van der Waals surface area contributed by atoms with E-state index in [4.69, 9.17) is 10.5 Å². The van der Waals surface area contributed by atoms with Crippen molar-refractivity contribution in [1.29, 1.82) is 5.26 Å². The standard InChI is InChI=1S/C17H16N6O/c18-8-11-13(10-4-3-6-20-9-10)14-15(12-5-1-2-7-21-12)22-23-17(14)24-16(11)19/h1-7,9,13-15,17,22-23H,19H2. The van der Waals surface area contributed by atoms with Gasteiger partial charge in [-0.1, -0.05) is 12.1 Å². The molecule has 4 rings (SSSR count). The number of fused-ring (bicyclic) bond motifs is 1. The molecular weight excluding hydrogens is 304 g/mol. The van der Waals surface area contributed by atoms with E-state index in [0.29, 0.717) is 5.57 Å². The number of pyridine rings is 2. The molecule has 0 bridgehead atoms. The van der Waals surface area contributed by atoms with Gasteiger partial charge in [0.1, 0.15) is 6.07 Å². The van der Waals surface area contributed by atoms with Crippen molar-refractivity contribution in [1.82, 2.24) is 20.8 Å². The van der Waals surface area contributed by atoms with Gasteiger partial charge in [0, 0.05) is 30.4 Å². The summed E-state index contributed by atoms with van der Waals surface area (Å²) in [5, 5.41) is 9.63. The van der Waals surface area contributed by atoms with Crippen LogP contribution in [0.5, 0.6) is 0 Å². The zero-order valence-corrected chi connectivity index (χ0v) is 12.8. The minimum Gasteiger partial charge on any atom is -0.458 e. The highest BCUT2D eigenvalue weighted by atomic mass is 16.5. The monoisotopic (exact) mass is 320 g/mol. The molecule has 2 aromatic rings. The summed E-state index contributed by atoms with van der Waals surface area (Å²) in [5.41, 5.74) is 14.6. The Morgan fingerprint density at radius 3 is 2.79 bits per heavy atom. The van der Waals surface area contributed by atoms with Gasteiger partial charge in [-0.2, -0.15) is 5.26 Å². The Hall–Kier alpha value is -2.95. The van der Waals surface area contributed by atoms with E-state index in [1.807, 2.05) is 30.3 Å². The van der Waals surface area contributed by atoms with E-state index in [9.17, 15) is 5.26 Å². The van der Waals surface area contributed by atoms with Gasteiger partial charge in [0.2, 0.25) is 5.88 Å². The fourth-order valence-corrected chi connectivity index (χ4v) is 3.46. The van der Waals surface area contributed by atoms with E-state index >= 15 is 0 Å². The zero-order chi connectivity index (χ0) is 16.5. The molecule has 2 aliphatic heterocycles. The molecule has 4 unspecified atom stereocenters. The molecule has 0 radical (unpaired) electrons. The molecule has 7 nitrogen and oxygen atoms in total. The predicted molar refractivity (Wildman–Crippen MR) is 85.4 cm³/mol. The van der Waals surface area contributed by atoms with Crippen molar-refractivity contribution in [3.63, 3.8) is 0 Å². The zero-order valence-electron chi connectivity index (χ0n) is 12.8. The molecule has 0 saturated carbocycles. The summed E-state index contributed by atoms with van der Waals surface area (Å²) in [7, 11) is 0. The number of hydrogen-bond acceptors (Lipinski definition) is 7. The summed E-state index contributed by atoms with van der Waals surface area (Å²) in [6.07, 6.45) is 4.88. The Bertz CT molecular complexity index is 801. The van der Waals surface area contributed by atoms with Crippen molar-refractivity contribution >= 4 is 0 Å². The van der Waals surface area contributed by atoms with E-state index in [-0.39, 0.29) is 30.0 Å². The number of nitrogens with one attached hydrogen (secondary N) is 2. The van der Waals surface area contributed by atoms with Gasteiger partial charge in [0.15, 0.2) is 6.23 Å². The Morgan fingerprint density at radius 2 is 2.08 bits per heavy atom. The molecule has 2 aliphatic rings. The Balaban J connectivity index is 1.82. The first-order chi connectivity index (χ1) is 11.8. The van der Waals surface area contributed by atoms with Gasteiger partial charge in [0.05, 0.1) is 17.3 Å². The van der Waals surface area contributed by atoms with Gasteiger partial charge in [-0.25, -0.2) is 10.9 Å². The Kier molecular flexibility index (Phi) is 3.61. The molecule has 1 fully saturated rings. The number of ether oxygens (including phenoxy) is 1. The van der Waals surface area contributed by atoms with E-state index in [0.717, 1.165) is 11.3 Å². The highest BCUT2D eigenvalue weighted by Crippen LogP contribution is 2.46. The van der Waals surface area contributed by atoms with Gasteiger partial charge >= 0.3 is 0 Å². The van der Waals surface area contributed by atoms with Crippen LogP contribution < -0.4 is 16.6 Å². The molecule has 0 aliphatic carbocycles. The lowest BCUT2D eigenvalue weighted by molar-refractivity contribution is 0.0338. The van der Waals surface area contributed by atoms with Gasteiger partial charge in [-0.05, 0) is 23.8 Å². The summed E-state index contributed by atoms with van der Waals surface area (Å²) in [6, 6.07) is 11.7. The summed E-state index contributed by atoms with van der Waals surface area (Å²) >= 11 is 0. The summed E-state index contributed by atoms with van der Waals surface area (Å²) in [5.74, 6) is -0.147. The smallest absolute Gasteiger partial charge is 0.200 e. The summed E-state index contributed by atoms with van der Waals surface area (Å²) < 4.78 is 5.73. The van der Waals surface area contributed by atoms with Crippen molar-refractivity contribution in [2.75, 3.05) is 0 Å². The Labute approximate surface area is 139 Å². The van der Waals surface area contributed by atoms with Crippen molar-refractivity contribution in [2.45, 2.75) is 18.2 Å². The third-order valence-electron chi connectivity index (χ3n) is 4.50. The van der Waals surface area contributed by atoms with Crippen LogP contribution in [0.25, 0.3) is 0 Å². The molecule has 0 spiro atoms. The van der Waals surface area contributed by atoms with E-state index in [1.165, 1.54) is 0 Å². The maximum absolute atomic E-state index is 9.63. The van der Waals surface area contributed by atoms with Crippen LogP contribution in [0.2, 0.25) is 0 Å². The minimum absolute atomic E-state index is 0.0777. The highest BCUT2D eigenvalue weighted by molar-refractivity contribution is 5.41. The van der Waals surface area contributed by atoms with Crippen LogP contribution in [-0.2, 0) is 4.74 Å². The molecule has 7 heteroatoms. The number of aromatic nitrogens is 2. The number of rotatable bonds is 2. The minimum atomic E-state index is -0.348. The lowest BCUT2D eigenvalue weighted by Crippen LogP contribution is -2.41. The third-order valence-corrected chi connectivity index (χ3v) is 4.50. The molecule has 1 saturated heterocycles. The molecule has 4 N–H and O–H groups in total. The van der Waals surface area contributed by atoms with Crippen molar-refractivity contribution in [3.05, 3.63) is 71.6 Å². The quantitative estimate of drug-likeness (QED) is 0.759. The number of nitrogens with two attached hydrogens (primary N) is 1. The summed E-state index contributed by atoms with van der Waals surface area (Å²) in [6.45, 7) is 0. The number of hydrazine groups is 1. The molecule has 4 heterocycles. The molecule has 0 aromatic carbocycles. The second-order valence-corrected chi connectivity index (χ2v) is 5.79. The van der Waals surface area contributed by atoms with Crippen molar-refractivity contribution < 1.29 is 4.74 Å². The molecule has 24 heavy (non-hydrogen) atoms. The number of allylic oxidation sites excluding steroid dienone is 1. The van der Waals surface area contributed by atoms with Gasteiger partial charge in [-0.15, -0.1) is 0 Å². The van der Waals surface area contributed by atoms with Crippen LogP contribution >= 0.6 is 0 Å². The second kappa shape index (κ2) is 5.92. The maximum atomic E-state index is 9.63. The van der Waals surface area contributed by atoms with Gasteiger partial charge < -0.3 is 10.5 Å². The molecule has 0 amide bonds. The van der Waals surface area contributed by atoms with Crippen LogP contribution in [0, 0.1) is 17.2 Å². The molecular formula is C17H16N6O. The van der Waals surface area contributed by atoms with E-state index in [2.05, 4.69) is 26.9 Å². The van der Waals surface area contributed by atoms with Gasteiger partial charge in [-0.3, -0.25) is 9.97 Å². The SMILES string of the molecule is N#CC1=C(N)OC2NNC(c3ccccn3)C2C1c1cccnc1. The normalized spacial score (nSPS) is 28.8. The average molecular weight is 320 g/mol. The van der Waals surface area contributed by atoms with E-state index in [1.54, 1.807) is 18.6 Å². The lowest BCUT2D eigenvalue weighted by atomic mass is 9.75. The predicted octanol–water partition coefficient (Wildman–Crippen LogP) is 1.08. The van der Waals surface area contributed by atoms with Crippen molar-refractivity contribution in [3.8, 4) is 6.07 Å². The van der Waals surface area contributed by atoms with Crippen molar-refractivity contribution in [2.24, 2.45) is 11.7 Å². The van der Waals surface area contributed by atoms with Crippen LogP contribution in [0.15, 0.2) is 60.4 Å². The van der Waals surface area contributed by atoms with Crippen LogP contribution in [-0.4, -0.2) is 16.2 Å². The fourth-order valence-electron chi connectivity index (χ4n) is 3.46. The number of nitriles is 1. The average Bonchev–Trinajstić information content (AvgIpc) is 3.05. The first-order valence-corrected chi connectivity index (χ1v) is 7.68. The van der Waals surface area contributed by atoms with Crippen LogP contribution in [0.1, 0.15) is 23.2 Å². The molecule has 4 atom stereocenters. The molecule has 2 aromatic heterocycles. The largest absolute Gasteiger partial charge is 0.458 e. The molecule has 120 valence electrons. The highest BCUT2D eigenvalue weighted by Gasteiger charge is 2.49. The van der Waals surface area contributed by atoms with Gasteiger partial charge in [0.25, 0.3) is 0 Å². The van der Waals surface area contributed by atoms with Crippen LogP contribution in [0.4, 0.5) is 0 Å². The number of hydrogen-bond donors (Lipinski definition) is 3. The number of nitrogens with zero attached hydrogens (tertiary/aromatic N) is 3. The first kappa shape index (κ1) is 14.6.